The van der Waals surface area contributed by atoms with Crippen LogP contribution in [0.3, 0.4) is 0 Å². The first-order valence-electron chi connectivity index (χ1n) is 21.1. The smallest absolute Gasteiger partial charge is 0.335 e. The first kappa shape index (κ1) is 49.8. The molecule has 0 fully saturated rings. The number of sulfone groups is 1. The lowest BCUT2D eigenvalue weighted by molar-refractivity contribution is 0.0686. The Bertz CT molecular complexity index is 3170. The first-order valence-corrected chi connectivity index (χ1v) is 26.5. The molecule has 12 nitrogen and oxygen atoms in total. The molecule has 1 heterocycles. The van der Waals surface area contributed by atoms with Crippen LogP contribution in [0.25, 0.3) is 0 Å². The van der Waals surface area contributed by atoms with Gasteiger partial charge in [-0.05, 0) is 144 Å². The number of thiophene rings is 1. The van der Waals surface area contributed by atoms with Crippen LogP contribution < -0.4 is 9.44 Å². The molecule has 4 N–H and O–H groups in total. The minimum Gasteiger partial charge on any atom is -0.478 e. The zero-order valence-electron chi connectivity index (χ0n) is 36.9. The molecular weight excluding hydrogens is 929 g/mol. The second-order valence-electron chi connectivity index (χ2n) is 16.3. The highest BCUT2D eigenvalue weighted by molar-refractivity contribution is 7.95. The van der Waals surface area contributed by atoms with Crippen molar-refractivity contribution in [2.75, 3.05) is 9.44 Å². The lowest BCUT2D eigenvalue weighted by atomic mass is 9.82. The fourth-order valence-corrected chi connectivity index (χ4v) is 11.8. The number of carbonyl (C=O) groups is 2. The Labute approximate surface area is 396 Å². The summed E-state index contributed by atoms with van der Waals surface area (Å²) in [5, 5.41) is 19.3. The molecular formula is C51H50N2O10S4. The molecule has 67 heavy (non-hydrogen) atoms. The molecule has 7 aromatic rings. The Kier molecular flexibility index (Phi) is 15.9. The van der Waals surface area contributed by atoms with Gasteiger partial charge in [-0.15, -0.1) is 11.3 Å². The highest BCUT2D eigenvalue weighted by atomic mass is 32.2. The molecule has 0 radical (unpaired) electrons. The van der Waals surface area contributed by atoms with E-state index in [2.05, 4.69) is 30.2 Å². The summed E-state index contributed by atoms with van der Waals surface area (Å²) in [6.07, 6.45) is 3.68. The van der Waals surface area contributed by atoms with Crippen molar-refractivity contribution in [2.45, 2.75) is 77.2 Å². The molecule has 0 unspecified atom stereocenters. The van der Waals surface area contributed by atoms with Crippen LogP contribution in [-0.4, -0.2) is 47.4 Å². The molecule has 0 bridgehead atoms. The highest BCUT2D eigenvalue weighted by Crippen LogP contribution is 2.31. The molecule has 0 spiro atoms. The van der Waals surface area contributed by atoms with E-state index in [4.69, 9.17) is 10.2 Å². The quantitative estimate of drug-likeness (QED) is 0.0641. The second kappa shape index (κ2) is 21.4. The Morgan fingerprint density at radius 2 is 0.970 bits per heavy atom. The molecule has 0 aliphatic heterocycles. The topological polar surface area (TPSA) is 201 Å². The van der Waals surface area contributed by atoms with Gasteiger partial charge >= 0.3 is 11.9 Å². The zero-order chi connectivity index (χ0) is 48.4. The SMILES string of the molecule is CCC(C)(C)c1ccc(S(=O)(=O)Nc2cccc(CCc3ccc(C(=O)O)cc3)c2)cc1.O=C(O)c1ccc(CCc2cccc(NS(=O)(=O)c3cc(S(=O)(=O)c4ccccc4)cs3)c2)cc1. The van der Waals surface area contributed by atoms with Gasteiger partial charge < -0.3 is 10.2 Å². The lowest BCUT2D eigenvalue weighted by Crippen LogP contribution is -2.17. The van der Waals surface area contributed by atoms with E-state index in [1.165, 1.54) is 23.6 Å². The van der Waals surface area contributed by atoms with Crippen molar-refractivity contribution in [2.24, 2.45) is 0 Å². The van der Waals surface area contributed by atoms with Crippen LogP contribution in [0, 0.1) is 0 Å². The molecule has 0 saturated carbocycles. The molecule has 0 aliphatic carbocycles. The van der Waals surface area contributed by atoms with Gasteiger partial charge in [0.05, 0.1) is 25.8 Å². The number of carboxylic acids is 2. The number of aromatic carboxylic acids is 2. The van der Waals surface area contributed by atoms with Crippen LogP contribution >= 0.6 is 11.3 Å². The minimum absolute atomic E-state index is 0.00199. The van der Waals surface area contributed by atoms with Gasteiger partial charge in [-0.1, -0.05) is 99.6 Å². The van der Waals surface area contributed by atoms with Crippen molar-refractivity contribution in [1.29, 1.82) is 0 Å². The van der Waals surface area contributed by atoms with Gasteiger partial charge in [-0.2, -0.15) is 0 Å². The van der Waals surface area contributed by atoms with Crippen molar-refractivity contribution in [3.05, 3.63) is 202 Å². The maximum Gasteiger partial charge on any atom is 0.335 e. The van der Waals surface area contributed by atoms with Gasteiger partial charge in [0, 0.05) is 16.8 Å². The molecule has 1 aromatic heterocycles. The number of rotatable bonds is 18. The standard InChI is InChI=1S/C26H29NO4S.C25H21NO6S3/c1-4-26(2,3)22-14-16-24(17-15-22)32(30,31)27-23-7-5-6-20(18-23)9-8-19-10-12-21(13-11-19)25(28)29;27-25(28)20-13-11-18(12-14-20)9-10-19-5-4-6-21(15-19)26-35(31,32)24-16-23(17-33-24)34(29,30)22-7-2-1-3-8-22/h5-7,10-18,27H,4,8-9H2,1-3H3,(H,28,29);1-8,11-17,26H,9-10H2,(H,27,28). The number of carboxylic acid groups (broad SMARTS) is 2. The van der Waals surface area contributed by atoms with E-state index in [-0.39, 0.29) is 35.4 Å². The summed E-state index contributed by atoms with van der Waals surface area (Å²) < 4.78 is 82.2. The number of aryl methyl sites for hydroxylation is 4. The summed E-state index contributed by atoms with van der Waals surface area (Å²) in [4.78, 5) is 22.2. The van der Waals surface area contributed by atoms with Gasteiger partial charge in [-0.25, -0.2) is 34.8 Å². The van der Waals surface area contributed by atoms with Crippen molar-refractivity contribution in [3.8, 4) is 0 Å². The van der Waals surface area contributed by atoms with E-state index < -0.39 is 41.8 Å². The average Bonchev–Trinajstić information content (AvgIpc) is 3.84. The number of sulfonamides is 2. The van der Waals surface area contributed by atoms with E-state index >= 15 is 0 Å². The predicted octanol–water partition coefficient (Wildman–Crippen LogP) is 10.5. The minimum atomic E-state index is -3.98. The van der Waals surface area contributed by atoms with Crippen LogP contribution in [0.1, 0.15) is 75.7 Å². The predicted molar refractivity (Wildman–Crippen MR) is 262 cm³/mol. The zero-order valence-corrected chi connectivity index (χ0v) is 40.2. The first-order chi connectivity index (χ1) is 31.8. The monoisotopic (exact) mass is 978 g/mol. The lowest BCUT2D eigenvalue weighted by Gasteiger charge is -2.23. The summed E-state index contributed by atoms with van der Waals surface area (Å²) in [7, 11) is -11.5. The van der Waals surface area contributed by atoms with E-state index in [0.29, 0.717) is 30.6 Å². The van der Waals surface area contributed by atoms with Crippen molar-refractivity contribution >= 4 is 64.5 Å². The third kappa shape index (κ3) is 13.3. The van der Waals surface area contributed by atoms with Crippen molar-refractivity contribution in [3.63, 3.8) is 0 Å². The summed E-state index contributed by atoms with van der Waals surface area (Å²) in [6, 6.07) is 43.8. The molecule has 7 rings (SSSR count). The van der Waals surface area contributed by atoms with Gasteiger partial charge in [-0.3, -0.25) is 9.44 Å². The molecule has 0 amide bonds. The molecule has 6 aromatic carbocycles. The van der Waals surface area contributed by atoms with Gasteiger partial charge in [0.1, 0.15) is 4.21 Å². The van der Waals surface area contributed by atoms with Crippen molar-refractivity contribution < 1.29 is 45.1 Å². The number of hydrogen-bond donors (Lipinski definition) is 4. The highest BCUT2D eigenvalue weighted by Gasteiger charge is 2.25. The maximum atomic E-state index is 12.9. The Balaban J connectivity index is 0.000000222. The number of benzene rings is 6. The molecule has 348 valence electrons. The fraction of sp³-hybridized carbons (Fsp3) is 0.176. The van der Waals surface area contributed by atoms with Gasteiger partial charge in [0.25, 0.3) is 20.0 Å². The average molecular weight is 979 g/mol. The number of anilines is 2. The summed E-state index contributed by atoms with van der Waals surface area (Å²) in [6.45, 7) is 6.39. The summed E-state index contributed by atoms with van der Waals surface area (Å²) >= 11 is 0.841. The van der Waals surface area contributed by atoms with Crippen LogP contribution in [-0.2, 0) is 61.0 Å². The number of nitrogens with one attached hydrogen (secondary N) is 2. The van der Waals surface area contributed by atoms with E-state index in [1.807, 2.05) is 36.4 Å². The van der Waals surface area contributed by atoms with Crippen LogP contribution in [0.5, 0.6) is 0 Å². The van der Waals surface area contributed by atoms with Crippen LogP contribution in [0.2, 0.25) is 0 Å². The Hall–Kier alpha value is -6.59. The number of hydrogen-bond acceptors (Lipinski definition) is 9. The van der Waals surface area contributed by atoms with Gasteiger partial charge in [0.2, 0.25) is 9.84 Å². The molecule has 0 saturated heterocycles. The van der Waals surface area contributed by atoms with Gasteiger partial charge in [0.15, 0.2) is 0 Å². The third-order valence-corrected chi connectivity index (χ3v) is 17.3. The van der Waals surface area contributed by atoms with Crippen molar-refractivity contribution in [1.82, 2.24) is 0 Å². The molecule has 16 heteroatoms. The van der Waals surface area contributed by atoms with Crippen LogP contribution in [0.4, 0.5) is 11.4 Å². The fourth-order valence-electron chi connectivity index (χ4n) is 6.81. The summed E-state index contributed by atoms with van der Waals surface area (Å²) in [5.74, 6) is -1.92. The normalized spacial score (nSPS) is 11.8. The molecule has 0 aliphatic rings. The third-order valence-electron chi connectivity index (χ3n) is 11.2. The Morgan fingerprint density at radius 3 is 1.43 bits per heavy atom. The van der Waals surface area contributed by atoms with E-state index in [0.717, 1.165) is 52.0 Å². The maximum absolute atomic E-state index is 12.9. The Morgan fingerprint density at radius 1 is 0.507 bits per heavy atom. The van der Waals surface area contributed by atoms with E-state index in [1.54, 1.807) is 103 Å². The summed E-state index contributed by atoms with van der Waals surface area (Å²) in [5.41, 5.74) is 6.35. The molecule has 0 atom stereocenters. The largest absolute Gasteiger partial charge is 0.478 e. The second-order valence-corrected chi connectivity index (χ2v) is 22.7. The van der Waals surface area contributed by atoms with Crippen LogP contribution in [0.15, 0.2) is 182 Å². The van der Waals surface area contributed by atoms with E-state index in [9.17, 15) is 34.8 Å².